The van der Waals surface area contributed by atoms with Crippen molar-refractivity contribution in [3.8, 4) is 11.5 Å². The number of carbonyl (C=O) groups is 3. The Bertz CT molecular complexity index is 2870. The molecule has 4 aliphatic rings. The van der Waals surface area contributed by atoms with Crippen LogP contribution in [0.4, 0.5) is 22.7 Å². The zero-order valence-electron chi connectivity index (χ0n) is 32.6. The van der Waals surface area contributed by atoms with Gasteiger partial charge in [0, 0.05) is 86.9 Å². The highest BCUT2D eigenvalue weighted by Gasteiger charge is 2.31. The van der Waals surface area contributed by atoms with Gasteiger partial charge in [-0.25, -0.2) is 24.8 Å². The monoisotopic (exact) mass is 870 g/mol. The summed E-state index contributed by atoms with van der Waals surface area (Å²) < 4.78 is 67.4. The van der Waals surface area contributed by atoms with Crippen molar-refractivity contribution in [2.75, 3.05) is 86.0 Å². The zero-order valence-corrected chi connectivity index (χ0v) is 34.2. The number of carboxylic acid groups (broad SMARTS) is 1. The van der Waals surface area contributed by atoms with E-state index >= 15 is 0 Å². The number of para-hydroxylation sites is 2. The molecule has 0 aliphatic carbocycles. The minimum Gasteiger partial charge on any atom is -0.483 e. The van der Waals surface area contributed by atoms with Gasteiger partial charge in [-0.05, 0) is 60.7 Å². The van der Waals surface area contributed by atoms with E-state index in [4.69, 9.17) is 19.4 Å². The van der Waals surface area contributed by atoms with E-state index in [1.165, 1.54) is 20.1 Å². The maximum atomic E-state index is 13.5. The Morgan fingerprint density at radius 2 is 1.07 bits per heavy atom. The third-order valence-electron chi connectivity index (χ3n) is 10.5. The molecule has 0 atom stereocenters. The fraction of sp³-hybridized carbons (Fsp3) is 0.244. The predicted molar refractivity (Wildman–Crippen MR) is 229 cm³/mol. The Labute approximate surface area is 350 Å². The number of amides is 2. The van der Waals surface area contributed by atoms with Crippen LogP contribution in [0.2, 0.25) is 0 Å². The number of rotatable bonds is 6. The first-order chi connectivity index (χ1) is 29.5. The molecule has 0 saturated carbocycles. The third kappa shape index (κ3) is 7.92. The highest BCUT2D eigenvalue weighted by atomic mass is 32.2. The van der Waals surface area contributed by atoms with Gasteiger partial charge in [-0.15, -0.1) is 0 Å². The summed E-state index contributed by atoms with van der Waals surface area (Å²) in [6.07, 6.45) is 3.14. The Morgan fingerprint density at radius 3 is 1.64 bits per heavy atom. The lowest BCUT2D eigenvalue weighted by Crippen LogP contribution is -2.43. The Balaban J connectivity index is 0.000000158. The lowest BCUT2D eigenvalue weighted by molar-refractivity contribution is -0.123. The van der Waals surface area contributed by atoms with Gasteiger partial charge >= 0.3 is 0 Å². The second-order valence-electron chi connectivity index (χ2n) is 14.2. The van der Waals surface area contributed by atoms with Gasteiger partial charge in [-0.1, -0.05) is 24.3 Å². The molecule has 2 saturated heterocycles. The van der Waals surface area contributed by atoms with E-state index in [9.17, 15) is 26.4 Å². The van der Waals surface area contributed by atoms with Crippen LogP contribution < -0.4 is 40.5 Å². The molecule has 61 heavy (non-hydrogen) atoms. The van der Waals surface area contributed by atoms with Crippen molar-refractivity contribution in [3.05, 3.63) is 97.3 Å². The smallest absolute Gasteiger partial charge is 0.290 e. The van der Waals surface area contributed by atoms with Crippen molar-refractivity contribution in [1.82, 2.24) is 18.6 Å². The molecule has 4 aliphatic heterocycles. The lowest BCUT2D eigenvalue weighted by atomic mass is 10.2. The molecule has 0 unspecified atom stereocenters. The molecule has 18 nitrogen and oxygen atoms in total. The SMILES string of the molecule is O=C1COc2c(cccc2S(=O)(=O)n2ccc3c(N4CCNCC4)cccc32)N1.O=C1COc2cccc(S(=O)(=O)n3ccc4c(N5CCNCC5)cccc43)c2N1.O=CO. The van der Waals surface area contributed by atoms with Crippen LogP contribution in [0.25, 0.3) is 21.8 Å². The highest BCUT2D eigenvalue weighted by Crippen LogP contribution is 2.39. The molecule has 318 valence electrons. The van der Waals surface area contributed by atoms with Crippen LogP contribution in [0.15, 0.2) is 107 Å². The molecular weight excluding hydrogens is 829 g/mol. The molecule has 4 aromatic carbocycles. The quantitative estimate of drug-likeness (QED) is 0.152. The highest BCUT2D eigenvalue weighted by molar-refractivity contribution is 7.90. The number of carbonyl (C=O) groups excluding carboxylic acids is 2. The maximum absolute atomic E-state index is 13.5. The summed E-state index contributed by atoms with van der Waals surface area (Å²) in [6.45, 7) is 6.47. The zero-order chi connectivity index (χ0) is 42.7. The number of hydrogen-bond donors (Lipinski definition) is 5. The molecule has 5 N–H and O–H groups in total. The third-order valence-corrected chi connectivity index (χ3v) is 14.0. The summed E-state index contributed by atoms with van der Waals surface area (Å²) in [6, 6.07) is 24.5. The van der Waals surface area contributed by atoms with E-state index in [0.717, 1.165) is 74.5 Å². The van der Waals surface area contributed by atoms with E-state index in [0.29, 0.717) is 22.5 Å². The molecule has 0 bridgehead atoms. The Kier molecular flexibility index (Phi) is 11.6. The second-order valence-corrected chi connectivity index (χ2v) is 17.7. The molecule has 0 radical (unpaired) electrons. The summed E-state index contributed by atoms with van der Waals surface area (Å²) in [4.78, 5) is 36.3. The number of piperazine rings is 2. The minimum atomic E-state index is -3.94. The largest absolute Gasteiger partial charge is 0.483 e. The van der Waals surface area contributed by atoms with Crippen LogP contribution in [0.5, 0.6) is 11.5 Å². The van der Waals surface area contributed by atoms with Gasteiger partial charge in [0.2, 0.25) is 0 Å². The van der Waals surface area contributed by atoms with E-state index in [2.05, 4.69) is 31.1 Å². The topological polar surface area (TPSA) is 223 Å². The summed E-state index contributed by atoms with van der Waals surface area (Å²) in [5.41, 5.74) is 3.80. The normalized spacial score (nSPS) is 16.3. The van der Waals surface area contributed by atoms with Crippen LogP contribution in [-0.4, -0.2) is 114 Å². The van der Waals surface area contributed by atoms with E-state index < -0.39 is 20.0 Å². The summed E-state index contributed by atoms with van der Waals surface area (Å²) >= 11 is 0. The van der Waals surface area contributed by atoms with Crippen LogP contribution in [-0.2, 0) is 34.4 Å². The number of fused-ring (bicyclic) bond motifs is 4. The first kappa shape index (κ1) is 41.1. The van der Waals surface area contributed by atoms with E-state index in [-0.39, 0.29) is 52.7 Å². The Hall–Kier alpha value is -6.61. The number of nitrogens with zero attached hydrogens (tertiary/aromatic N) is 4. The molecule has 20 heteroatoms. The van der Waals surface area contributed by atoms with E-state index in [1.807, 2.05) is 36.4 Å². The van der Waals surface area contributed by atoms with Crippen molar-refractivity contribution in [1.29, 1.82) is 0 Å². The first-order valence-corrected chi connectivity index (χ1v) is 22.2. The number of benzene rings is 4. The van der Waals surface area contributed by atoms with E-state index in [1.54, 1.807) is 48.8 Å². The van der Waals surface area contributed by atoms with Crippen LogP contribution in [0.3, 0.4) is 0 Å². The van der Waals surface area contributed by atoms with Gasteiger partial charge in [0.15, 0.2) is 19.0 Å². The fourth-order valence-corrected chi connectivity index (χ4v) is 10.8. The molecule has 6 heterocycles. The van der Waals surface area contributed by atoms with Gasteiger partial charge in [0.05, 0.1) is 16.7 Å². The average Bonchev–Trinajstić information content (AvgIpc) is 3.93. The summed E-state index contributed by atoms with van der Waals surface area (Å²) in [5.74, 6) is -0.159. The minimum absolute atomic E-state index is 0.00752. The molecule has 2 fully saturated rings. The standard InChI is InChI=1S/2C20H20N4O4S.CH2O2/c25-19-13-28-20-15(22-19)3-1-6-18(20)29(26,27)24-10-7-14-16(4-2-5-17(14)24)23-11-8-21-9-12-23;25-19-13-28-17-5-2-6-18(20(17)22-19)29(26,27)24-10-7-14-15(3-1-4-16(14)24)23-11-8-21-9-12-23;2-1-3/h2*1-7,10,21H,8-9,11-13H2,(H,22,25);1H,(H,2,3). The average molecular weight is 871 g/mol. The molecule has 2 amide bonds. The van der Waals surface area contributed by atoms with Crippen molar-refractivity contribution in [2.45, 2.75) is 9.79 Å². The number of anilines is 4. The first-order valence-electron chi connectivity index (χ1n) is 19.3. The van der Waals surface area contributed by atoms with Gasteiger partial charge < -0.3 is 45.6 Å². The summed E-state index contributed by atoms with van der Waals surface area (Å²) in [5, 5.41) is 20.6. The molecule has 6 aromatic rings. The fourth-order valence-electron chi connectivity index (χ4n) is 7.83. The predicted octanol–water partition coefficient (Wildman–Crippen LogP) is 2.94. The number of aromatic nitrogens is 2. The maximum Gasteiger partial charge on any atom is 0.290 e. The van der Waals surface area contributed by atoms with Gasteiger partial charge in [-0.2, -0.15) is 0 Å². The second kappa shape index (κ2) is 17.2. The number of ether oxygens (including phenoxy) is 2. The molecule has 10 rings (SSSR count). The molecule has 2 aromatic heterocycles. The van der Waals surface area contributed by atoms with Gasteiger partial charge in [-0.3, -0.25) is 14.4 Å². The number of nitrogens with one attached hydrogen (secondary N) is 4. The molecule has 0 spiro atoms. The van der Waals surface area contributed by atoms with Gasteiger partial charge in [0.25, 0.3) is 38.3 Å². The van der Waals surface area contributed by atoms with Crippen molar-refractivity contribution in [2.24, 2.45) is 0 Å². The van der Waals surface area contributed by atoms with Gasteiger partial charge in [0.1, 0.15) is 21.2 Å². The van der Waals surface area contributed by atoms with Crippen LogP contribution in [0.1, 0.15) is 0 Å². The van der Waals surface area contributed by atoms with Crippen molar-refractivity contribution in [3.63, 3.8) is 0 Å². The van der Waals surface area contributed by atoms with Crippen molar-refractivity contribution >= 4 is 82.9 Å². The Morgan fingerprint density at radius 1 is 0.590 bits per heavy atom. The lowest BCUT2D eigenvalue weighted by Gasteiger charge is -2.30. The molecular formula is C41H42N8O10S2. The van der Waals surface area contributed by atoms with Crippen LogP contribution >= 0.6 is 0 Å². The number of hydrogen-bond acceptors (Lipinski definition) is 13. The van der Waals surface area contributed by atoms with Crippen LogP contribution in [0, 0.1) is 0 Å². The van der Waals surface area contributed by atoms with Crippen molar-refractivity contribution < 1.29 is 45.8 Å². The summed E-state index contributed by atoms with van der Waals surface area (Å²) in [7, 11) is -7.86.